The summed E-state index contributed by atoms with van der Waals surface area (Å²) in [6.45, 7) is 6.54. The lowest BCUT2D eigenvalue weighted by atomic mass is 10.2. The number of nitrogens with two attached hydrogens (primary N) is 1. The number of halogens is 1. The Labute approximate surface area is 116 Å². The Hall–Kier alpha value is -1.86. The van der Waals surface area contributed by atoms with Gasteiger partial charge in [-0.1, -0.05) is 19.0 Å². The molecule has 0 spiro atoms. The van der Waals surface area contributed by atoms with Crippen LogP contribution in [0, 0.1) is 5.82 Å². The predicted octanol–water partition coefficient (Wildman–Crippen LogP) is 1.61. The van der Waals surface area contributed by atoms with Crippen molar-refractivity contribution >= 4 is 0 Å². The van der Waals surface area contributed by atoms with E-state index >= 15 is 0 Å². The van der Waals surface area contributed by atoms with Gasteiger partial charge in [0.15, 0.2) is 11.6 Å². The number of aromatic nitrogens is 3. The topological polar surface area (TPSA) is 81.1 Å². The smallest absolute Gasteiger partial charge is 0.261 e. The fraction of sp³-hybridized carbons (Fsp3) is 0.462. The average molecular weight is 279 g/mol. The lowest BCUT2D eigenvalue weighted by Crippen LogP contribution is -2.32. The molecule has 0 radical (unpaired) electrons. The van der Waals surface area contributed by atoms with Crippen molar-refractivity contribution < 1.29 is 8.91 Å². The van der Waals surface area contributed by atoms with Crippen LogP contribution in [0.1, 0.15) is 25.7 Å². The molecule has 20 heavy (non-hydrogen) atoms. The van der Waals surface area contributed by atoms with Gasteiger partial charge < -0.3 is 15.2 Å². The van der Waals surface area contributed by atoms with Crippen molar-refractivity contribution in [3.8, 4) is 11.5 Å². The van der Waals surface area contributed by atoms with E-state index < -0.39 is 5.82 Å². The number of pyridine rings is 1. The van der Waals surface area contributed by atoms with E-state index in [0.717, 1.165) is 19.3 Å². The zero-order valence-corrected chi connectivity index (χ0v) is 11.6. The molecule has 2 aromatic rings. The van der Waals surface area contributed by atoms with Gasteiger partial charge in [-0.15, -0.1) is 0 Å². The van der Waals surface area contributed by atoms with Crippen LogP contribution in [-0.2, 0) is 0 Å². The first kappa shape index (κ1) is 14.5. The van der Waals surface area contributed by atoms with E-state index in [-0.39, 0.29) is 17.5 Å². The summed E-state index contributed by atoms with van der Waals surface area (Å²) in [5.74, 6) is -0.00183. The Morgan fingerprint density at radius 2 is 2.15 bits per heavy atom. The molecule has 108 valence electrons. The molecule has 6 nitrogen and oxygen atoms in total. The summed E-state index contributed by atoms with van der Waals surface area (Å²) in [5.41, 5.74) is 6.27. The van der Waals surface area contributed by atoms with Gasteiger partial charge in [-0.25, -0.2) is 4.39 Å². The van der Waals surface area contributed by atoms with E-state index in [1.54, 1.807) is 0 Å². The van der Waals surface area contributed by atoms with E-state index in [9.17, 15) is 4.39 Å². The van der Waals surface area contributed by atoms with Gasteiger partial charge in [0.05, 0.1) is 17.8 Å². The molecule has 0 saturated carbocycles. The van der Waals surface area contributed by atoms with Gasteiger partial charge in [-0.2, -0.15) is 4.98 Å². The highest BCUT2D eigenvalue weighted by atomic mass is 19.1. The molecule has 0 aliphatic carbocycles. The van der Waals surface area contributed by atoms with Crippen molar-refractivity contribution in [3.63, 3.8) is 0 Å². The van der Waals surface area contributed by atoms with Crippen molar-refractivity contribution in [1.82, 2.24) is 20.0 Å². The summed E-state index contributed by atoms with van der Waals surface area (Å²) in [6, 6.07) is 1.13. The Kier molecular flexibility index (Phi) is 4.75. The molecule has 1 atom stereocenters. The maximum absolute atomic E-state index is 13.6. The second-order valence-electron chi connectivity index (χ2n) is 4.41. The number of nitrogens with zero attached hydrogens (tertiary/aromatic N) is 4. The van der Waals surface area contributed by atoms with Crippen LogP contribution in [0.2, 0.25) is 0 Å². The minimum Gasteiger partial charge on any atom is -0.334 e. The average Bonchev–Trinajstić information content (AvgIpc) is 2.94. The SMILES string of the molecule is CCN(CC)CC(N)c1noc(-c2ccncc2F)n1. The molecule has 0 aromatic carbocycles. The third-order valence-corrected chi connectivity index (χ3v) is 3.13. The zero-order chi connectivity index (χ0) is 14.5. The fourth-order valence-corrected chi connectivity index (χ4v) is 1.89. The Bertz CT molecular complexity index is 555. The van der Waals surface area contributed by atoms with Gasteiger partial charge in [0.2, 0.25) is 0 Å². The van der Waals surface area contributed by atoms with E-state index in [0.29, 0.717) is 12.4 Å². The van der Waals surface area contributed by atoms with E-state index in [1.165, 1.54) is 12.3 Å². The van der Waals surface area contributed by atoms with E-state index in [4.69, 9.17) is 10.3 Å². The predicted molar refractivity (Wildman–Crippen MR) is 72.2 cm³/mol. The molecule has 0 aliphatic heterocycles. The Morgan fingerprint density at radius 1 is 1.40 bits per heavy atom. The number of hydrogen-bond donors (Lipinski definition) is 1. The van der Waals surface area contributed by atoms with Crippen LogP contribution in [0.3, 0.4) is 0 Å². The molecular weight excluding hydrogens is 261 g/mol. The maximum Gasteiger partial charge on any atom is 0.261 e. The summed E-state index contributed by atoms with van der Waals surface area (Å²) in [7, 11) is 0. The zero-order valence-electron chi connectivity index (χ0n) is 11.6. The van der Waals surface area contributed by atoms with Gasteiger partial charge in [-0.05, 0) is 19.2 Å². The molecule has 0 saturated heterocycles. The lowest BCUT2D eigenvalue weighted by molar-refractivity contribution is 0.278. The van der Waals surface area contributed by atoms with E-state index in [1.807, 2.05) is 0 Å². The van der Waals surface area contributed by atoms with Crippen molar-refractivity contribution in [2.24, 2.45) is 5.73 Å². The summed E-state index contributed by atoms with van der Waals surface area (Å²) in [5, 5.41) is 3.83. The van der Waals surface area contributed by atoms with Gasteiger partial charge in [0.25, 0.3) is 5.89 Å². The first-order valence-electron chi connectivity index (χ1n) is 6.57. The molecule has 0 aliphatic rings. The monoisotopic (exact) mass is 279 g/mol. The minimum absolute atomic E-state index is 0.120. The largest absolute Gasteiger partial charge is 0.334 e. The minimum atomic E-state index is -0.500. The molecule has 1 unspecified atom stereocenters. The van der Waals surface area contributed by atoms with Crippen LogP contribution in [0.25, 0.3) is 11.5 Å². The van der Waals surface area contributed by atoms with Gasteiger partial charge >= 0.3 is 0 Å². The van der Waals surface area contributed by atoms with Crippen molar-refractivity contribution in [3.05, 3.63) is 30.1 Å². The molecule has 0 amide bonds. The van der Waals surface area contributed by atoms with Crippen molar-refractivity contribution in [2.45, 2.75) is 19.9 Å². The van der Waals surface area contributed by atoms with Crippen LogP contribution in [-0.4, -0.2) is 39.7 Å². The number of likely N-dealkylation sites (N-methyl/N-ethyl adjacent to an activating group) is 1. The quantitative estimate of drug-likeness (QED) is 0.865. The van der Waals surface area contributed by atoms with Crippen LogP contribution >= 0.6 is 0 Å². The highest BCUT2D eigenvalue weighted by Gasteiger charge is 2.18. The molecular formula is C13H18FN5O. The summed E-state index contributed by atoms with van der Waals surface area (Å²) in [6.07, 6.45) is 2.58. The molecule has 2 heterocycles. The summed E-state index contributed by atoms with van der Waals surface area (Å²) < 4.78 is 18.6. The second-order valence-corrected chi connectivity index (χ2v) is 4.41. The fourth-order valence-electron chi connectivity index (χ4n) is 1.89. The molecule has 0 fully saturated rings. The van der Waals surface area contributed by atoms with Gasteiger partial charge in [0.1, 0.15) is 0 Å². The van der Waals surface area contributed by atoms with Gasteiger partial charge in [0, 0.05) is 12.7 Å². The molecule has 2 rings (SSSR count). The van der Waals surface area contributed by atoms with Crippen molar-refractivity contribution in [1.29, 1.82) is 0 Å². The normalized spacial score (nSPS) is 12.8. The van der Waals surface area contributed by atoms with Gasteiger partial charge in [-0.3, -0.25) is 4.98 Å². The van der Waals surface area contributed by atoms with Crippen LogP contribution in [0.4, 0.5) is 4.39 Å². The first-order valence-corrected chi connectivity index (χ1v) is 6.57. The maximum atomic E-state index is 13.6. The van der Waals surface area contributed by atoms with Crippen LogP contribution < -0.4 is 5.73 Å². The summed E-state index contributed by atoms with van der Waals surface area (Å²) in [4.78, 5) is 10.0. The van der Waals surface area contributed by atoms with Crippen LogP contribution in [0.15, 0.2) is 23.0 Å². The summed E-state index contributed by atoms with van der Waals surface area (Å²) >= 11 is 0. The van der Waals surface area contributed by atoms with E-state index in [2.05, 4.69) is 33.9 Å². The highest BCUT2D eigenvalue weighted by Crippen LogP contribution is 2.21. The molecule has 0 bridgehead atoms. The number of hydrogen-bond acceptors (Lipinski definition) is 6. The van der Waals surface area contributed by atoms with Crippen LogP contribution in [0.5, 0.6) is 0 Å². The lowest BCUT2D eigenvalue weighted by Gasteiger charge is -2.20. The molecule has 7 heteroatoms. The third-order valence-electron chi connectivity index (χ3n) is 3.13. The molecule has 2 N–H and O–H groups in total. The second kappa shape index (κ2) is 6.53. The first-order chi connectivity index (χ1) is 9.65. The van der Waals surface area contributed by atoms with Crippen molar-refractivity contribution in [2.75, 3.05) is 19.6 Å². The Morgan fingerprint density at radius 3 is 2.80 bits per heavy atom. The third kappa shape index (κ3) is 3.17. The standard InChI is InChI=1S/C13H18FN5O/c1-3-19(4-2)8-11(15)12-17-13(20-18-12)9-5-6-16-7-10(9)14/h5-7,11H,3-4,8,15H2,1-2H3. The molecule has 2 aromatic heterocycles. The Balaban J connectivity index is 2.15. The highest BCUT2D eigenvalue weighted by molar-refractivity contribution is 5.52. The number of rotatable bonds is 6.